The lowest BCUT2D eigenvalue weighted by atomic mass is 9.89. The molecule has 2 amide bonds. The van der Waals surface area contributed by atoms with Gasteiger partial charge >= 0.3 is 6.09 Å². The van der Waals surface area contributed by atoms with Crippen molar-refractivity contribution in [1.82, 2.24) is 93.9 Å². The zero-order valence-corrected chi connectivity index (χ0v) is 94.5. The molecule has 0 bridgehead atoms. The summed E-state index contributed by atoms with van der Waals surface area (Å²) in [4.78, 5) is 68.3. The van der Waals surface area contributed by atoms with Gasteiger partial charge in [-0.2, -0.15) is 25.5 Å². The number of aryl methyl sites for hydroxylation is 18. The summed E-state index contributed by atoms with van der Waals surface area (Å²) >= 11 is 10.4. The van der Waals surface area contributed by atoms with Crippen LogP contribution in [-0.4, -0.2) is 172 Å². The molecule has 23 rings (SSSR count). The minimum absolute atomic E-state index is 0.186. The molecule has 3 fully saturated rings. The van der Waals surface area contributed by atoms with Crippen LogP contribution in [0.3, 0.4) is 0 Å². The van der Waals surface area contributed by atoms with Crippen LogP contribution in [0.1, 0.15) is 194 Å². The standard InChI is InChI=1S/C22H31N5O2S.C19H25N5OS.C19H20N4OS.C19H20N4S.C18H24N4S.C15H19N3S/c1-13-11-14(2)24-20-16(13)17-18(30-20)19(25-26(17)6)23-12-15-7-9-27(10-8-15)21(28)29-22(3,4)5;1-11-9-12(2)21-19-15(11)16-17(26-19)18(22-23(16)4)20-10-14-5-7-24(8-6-14)13(3)25;1-11-9-12(2)21-19-15(11)16-17(25-19)18(22-23(16)3)20-10-13-5-7-14(24-4)8-6-13;1-11-5-7-14(8-6-11)10-20-18-17-16(23(4)22-18)15-12(2)9-13(3)21-19(15)24-17;1-11-9-12(2)20-18-14(11)15-16(23-18)17(21-22(15)3)19-10-13-7-5-4-6-8-13;1-8(2)6-16-14-13-11(7-17-14)12-9(3)5-10(4)18-15(12)19-13/h11,15H,7-10,12H2,1-6H3,(H,23,25);9,14H,5-8,10H2,1-4H3,(H,20,22);5-9H,10H2,1-4H3,(H,20,22);5-9H,10H2,1-4H3,(H,20,22);9,13H,4-8,10H2,1-3H3,(H,19,21);5,8H,6-7H2,1-4H3,(H,16,17). The maximum atomic E-state index is 12.3. The van der Waals surface area contributed by atoms with Gasteiger partial charge in [-0.1, -0.05) is 75.1 Å². The van der Waals surface area contributed by atoms with Crippen LogP contribution in [-0.2, 0) is 64.4 Å². The lowest BCUT2D eigenvalue weighted by molar-refractivity contribution is -0.130. The number of aromatic nitrogens is 16. The van der Waals surface area contributed by atoms with E-state index in [1.807, 2.05) is 129 Å². The van der Waals surface area contributed by atoms with Gasteiger partial charge in [0.2, 0.25) is 5.91 Å². The number of fused-ring (bicyclic) bond motifs is 18. The van der Waals surface area contributed by atoms with E-state index >= 15 is 0 Å². The Hall–Kier alpha value is -12.5. The van der Waals surface area contributed by atoms with Crippen LogP contribution < -0.4 is 36.6 Å². The SMILES string of the molecule is CC(=O)N1CCC(CNc2nn(C)c3c2sc2nc(C)cc(C)c23)CC1.COc1ccc(CNc2nn(C)c3c2sc2nc(C)cc(C)c23)cc1.Cc1cc(C)c2c(n1)sc1c(NCC3CCCCC3)nn(C)c12.Cc1cc(C)c2c(n1)sc1c(NCC3CCN(C(=O)OC(C)(C)C)CC3)nn(C)c12.Cc1cc(C)c2c3c(sc2n1)C(NCC(C)C)=NC3.Cc1ccc(CNc2nn(C)c3c2sc2nc(C)cc(C)c23)cc1. The molecule has 20 heterocycles. The fourth-order valence-corrected chi connectivity index (χ4v) is 28.5. The molecular formula is C112H139N25O4S6. The zero-order valence-electron chi connectivity index (χ0n) is 89.6. The van der Waals surface area contributed by atoms with E-state index in [1.165, 1.54) is 160 Å². The van der Waals surface area contributed by atoms with Gasteiger partial charge in [-0.05, 0) is 266 Å². The molecule has 2 saturated heterocycles. The molecule has 0 radical (unpaired) electrons. The molecule has 4 aliphatic rings. The maximum Gasteiger partial charge on any atom is 0.410 e. The van der Waals surface area contributed by atoms with Crippen LogP contribution >= 0.6 is 68.0 Å². The van der Waals surface area contributed by atoms with Crippen molar-refractivity contribution < 1.29 is 19.1 Å². The Morgan fingerprint density at radius 3 is 1.02 bits per heavy atom. The smallest absolute Gasteiger partial charge is 0.410 e. The average molecular weight is 2090 g/mol. The first-order valence-electron chi connectivity index (χ1n) is 51.3. The Kier molecular flexibility index (Phi) is 31.3. The van der Waals surface area contributed by atoms with Gasteiger partial charge in [0.1, 0.15) is 46.2 Å². The number of amidine groups is 1. The lowest BCUT2D eigenvalue weighted by Gasteiger charge is -2.33. The first kappa shape index (κ1) is 104. The van der Waals surface area contributed by atoms with Crippen LogP contribution in [0, 0.1) is 114 Å². The second-order valence-electron chi connectivity index (χ2n) is 41.7. The normalized spacial score (nSPS) is 14.3. The number of carbonyl (C=O) groups excluding carboxylic acids is 2. The van der Waals surface area contributed by atoms with Crippen LogP contribution in [0.5, 0.6) is 5.75 Å². The summed E-state index contributed by atoms with van der Waals surface area (Å²) in [7, 11) is 11.7. The van der Waals surface area contributed by atoms with Crippen molar-refractivity contribution in [3.8, 4) is 5.75 Å². The molecule has 19 aromatic rings. The fourth-order valence-electron chi connectivity index (χ4n) is 20.8. The van der Waals surface area contributed by atoms with Gasteiger partial charge in [0.25, 0.3) is 0 Å². The lowest BCUT2D eigenvalue weighted by Crippen LogP contribution is -2.42. The Labute approximate surface area is 883 Å². The number of nitrogens with zero attached hydrogens (tertiary/aromatic N) is 19. The number of pyridine rings is 6. The summed E-state index contributed by atoms with van der Waals surface area (Å²) in [5.74, 6) is 9.41. The molecule has 772 valence electrons. The van der Waals surface area contributed by atoms with Crippen LogP contribution in [0.15, 0.2) is 89.9 Å². The van der Waals surface area contributed by atoms with E-state index in [0.717, 1.165) is 223 Å². The number of nitrogens with one attached hydrogen (secondary N) is 6. The highest BCUT2D eigenvalue weighted by Crippen LogP contribution is 2.46. The van der Waals surface area contributed by atoms with Crippen molar-refractivity contribution in [2.45, 2.75) is 215 Å². The number of rotatable bonds is 18. The molecule has 35 heteroatoms. The summed E-state index contributed by atoms with van der Waals surface area (Å²) in [5, 5.41) is 52.2. The predicted octanol–water partition coefficient (Wildman–Crippen LogP) is 25.7. The Morgan fingerprint density at radius 2 is 0.701 bits per heavy atom. The van der Waals surface area contributed by atoms with E-state index in [1.54, 1.807) is 82.1 Å². The Balaban J connectivity index is 0.000000116. The summed E-state index contributed by atoms with van der Waals surface area (Å²) in [6.07, 6.45) is 10.7. The second kappa shape index (κ2) is 44.1. The number of aliphatic imine (C=N–C) groups is 1. The number of likely N-dealkylation sites (tertiary alicyclic amines) is 2. The quantitative estimate of drug-likeness (QED) is 0.0465. The van der Waals surface area contributed by atoms with Crippen LogP contribution in [0.2, 0.25) is 0 Å². The molecule has 0 spiro atoms. The molecule has 3 aliphatic heterocycles. The number of ether oxygens (including phenoxy) is 2. The largest absolute Gasteiger partial charge is 0.497 e. The highest BCUT2D eigenvalue weighted by molar-refractivity contribution is 7.27. The summed E-state index contributed by atoms with van der Waals surface area (Å²) in [6.45, 7) is 48.4. The highest BCUT2D eigenvalue weighted by Gasteiger charge is 2.32. The Bertz CT molecular complexity index is 8130. The maximum absolute atomic E-state index is 12.3. The Morgan fingerprint density at radius 1 is 0.395 bits per heavy atom. The fraction of sp³-hybridized carbons (Fsp3) is 0.446. The van der Waals surface area contributed by atoms with Gasteiger partial charge in [-0.15, -0.1) is 68.0 Å². The van der Waals surface area contributed by atoms with E-state index < -0.39 is 5.60 Å². The van der Waals surface area contributed by atoms with Crippen molar-refractivity contribution in [3.63, 3.8) is 0 Å². The first-order chi connectivity index (χ1) is 70.3. The topological polar surface area (TPSA) is 310 Å². The summed E-state index contributed by atoms with van der Waals surface area (Å²) in [6, 6.07) is 29.5. The first-order valence-corrected chi connectivity index (χ1v) is 56.2. The molecule has 6 N–H and O–H groups in total. The third-order valence-corrected chi connectivity index (χ3v) is 34.6. The van der Waals surface area contributed by atoms with Crippen molar-refractivity contribution in [2.24, 2.45) is 63.9 Å². The number of anilines is 5. The zero-order chi connectivity index (χ0) is 104. The summed E-state index contributed by atoms with van der Waals surface area (Å²) in [5.41, 5.74) is 24.5. The third-order valence-electron chi connectivity index (χ3n) is 28.1. The van der Waals surface area contributed by atoms with E-state index in [4.69, 9.17) is 49.7 Å². The van der Waals surface area contributed by atoms with Gasteiger partial charge in [-0.3, -0.25) is 33.2 Å². The number of carbonyl (C=O) groups is 2. The molecule has 2 aromatic carbocycles. The van der Waals surface area contributed by atoms with Crippen molar-refractivity contribution >= 4 is 227 Å². The minimum Gasteiger partial charge on any atom is -0.497 e. The molecule has 0 unspecified atom stereocenters. The van der Waals surface area contributed by atoms with Gasteiger partial charge < -0.3 is 51.2 Å². The average Bonchev–Trinajstić information content (AvgIpc) is 1.61. The van der Waals surface area contributed by atoms with E-state index in [9.17, 15) is 9.59 Å². The molecule has 29 nitrogen and oxygen atoms in total. The number of benzene rings is 2. The second-order valence-corrected chi connectivity index (χ2v) is 47.7. The highest BCUT2D eigenvalue weighted by atomic mass is 32.1. The van der Waals surface area contributed by atoms with Gasteiger partial charge in [0, 0.05) is 180 Å². The number of amides is 2. The predicted molar refractivity (Wildman–Crippen MR) is 615 cm³/mol. The molecule has 1 aliphatic carbocycles. The molecule has 147 heavy (non-hydrogen) atoms. The molecule has 17 aromatic heterocycles. The number of thiophene rings is 6. The van der Waals surface area contributed by atoms with Crippen molar-refractivity contribution in [1.29, 1.82) is 0 Å². The molecule has 0 atom stereocenters. The third kappa shape index (κ3) is 22.9. The monoisotopic (exact) mass is 2090 g/mol. The number of piperidine rings is 2. The summed E-state index contributed by atoms with van der Waals surface area (Å²) < 4.78 is 26.5. The van der Waals surface area contributed by atoms with E-state index in [-0.39, 0.29) is 12.0 Å². The van der Waals surface area contributed by atoms with Crippen molar-refractivity contribution in [3.05, 3.63) is 180 Å². The van der Waals surface area contributed by atoms with Crippen molar-refractivity contribution in [2.75, 3.05) is 86.1 Å². The van der Waals surface area contributed by atoms with Gasteiger partial charge in [-0.25, -0.2) is 34.7 Å². The van der Waals surface area contributed by atoms with E-state index in [2.05, 4.69) is 201 Å². The molecule has 1 saturated carbocycles. The number of hydrogen-bond acceptors (Lipinski definition) is 28. The number of hydrogen-bond donors (Lipinski definition) is 6. The van der Waals surface area contributed by atoms with E-state index in [0.29, 0.717) is 17.8 Å². The van der Waals surface area contributed by atoms with Crippen LogP contribution in [0.4, 0.5) is 33.9 Å². The number of methoxy groups -OCH3 is 1. The van der Waals surface area contributed by atoms with Gasteiger partial charge in [0.15, 0.2) is 29.1 Å². The molecular weight excluding hydrogens is 1950 g/mol. The van der Waals surface area contributed by atoms with Crippen LogP contribution in [0.25, 0.3) is 112 Å². The minimum atomic E-state index is -0.449. The van der Waals surface area contributed by atoms with Gasteiger partial charge in [0.05, 0.1) is 69.6 Å².